The third kappa shape index (κ3) is 4.64. The minimum Gasteiger partial charge on any atom is -0.379 e. The average Bonchev–Trinajstić information content (AvgIpc) is 2.63. The van der Waals surface area contributed by atoms with Gasteiger partial charge >= 0.3 is 0 Å². The van der Waals surface area contributed by atoms with Gasteiger partial charge in [0.05, 0.1) is 13.2 Å². The molecule has 2 fully saturated rings. The molecule has 2 aliphatic rings. The lowest BCUT2D eigenvalue weighted by Crippen LogP contribution is -2.39. The van der Waals surface area contributed by atoms with Crippen molar-refractivity contribution in [3.63, 3.8) is 0 Å². The number of aromatic nitrogens is 2. The van der Waals surface area contributed by atoms with E-state index in [4.69, 9.17) is 4.74 Å². The van der Waals surface area contributed by atoms with Gasteiger partial charge in [-0.2, -0.15) is 0 Å². The maximum absolute atomic E-state index is 12.5. The number of carbonyl (C=O) groups excluding carboxylic acids is 1. The summed E-state index contributed by atoms with van der Waals surface area (Å²) in [7, 11) is 0. The van der Waals surface area contributed by atoms with E-state index in [1.54, 1.807) is 6.07 Å². The molecule has 3 heterocycles. The number of carbonyl (C=O) groups is 1. The zero-order chi connectivity index (χ0) is 16.8. The van der Waals surface area contributed by atoms with E-state index in [-0.39, 0.29) is 5.91 Å². The molecular weight excluding hydrogens is 306 g/mol. The summed E-state index contributed by atoms with van der Waals surface area (Å²) in [6.07, 6.45) is 2.27. The zero-order valence-corrected chi connectivity index (χ0v) is 14.4. The van der Waals surface area contributed by atoms with Crippen molar-refractivity contribution in [3.05, 3.63) is 17.8 Å². The Morgan fingerprint density at radius 2 is 2.12 bits per heavy atom. The predicted molar refractivity (Wildman–Crippen MR) is 92.1 cm³/mol. The van der Waals surface area contributed by atoms with Gasteiger partial charge in [0.15, 0.2) is 5.69 Å². The molecule has 1 unspecified atom stereocenters. The van der Waals surface area contributed by atoms with Crippen LogP contribution in [0.25, 0.3) is 0 Å². The van der Waals surface area contributed by atoms with Crippen molar-refractivity contribution in [1.29, 1.82) is 0 Å². The number of hydrogen-bond donors (Lipinski definition) is 1. The summed E-state index contributed by atoms with van der Waals surface area (Å²) in [5.41, 5.74) is 0.433. The molecule has 1 N–H and O–H groups in total. The highest BCUT2D eigenvalue weighted by molar-refractivity contribution is 5.92. The molecule has 0 radical (unpaired) electrons. The van der Waals surface area contributed by atoms with Crippen LogP contribution < -0.4 is 5.32 Å². The van der Waals surface area contributed by atoms with Crippen LogP contribution in [0.2, 0.25) is 0 Å². The smallest absolute Gasteiger partial charge is 0.274 e. The Bertz CT molecular complexity index is 530. The van der Waals surface area contributed by atoms with E-state index in [1.807, 2.05) is 11.0 Å². The van der Waals surface area contributed by atoms with Crippen molar-refractivity contribution in [1.82, 2.24) is 20.0 Å². The van der Waals surface area contributed by atoms with Crippen molar-refractivity contribution < 1.29 is 9.53 Å². The number of ether oxygens (including phenoxy) is 1. The number of anilines is 1. The van der Waals surface area contributed by atoms with E-state index in [9.17, 15) is 4.79 Å². The van der Waals surface area contributed by atoms with Crippen molar-refractivity contribution in [2.24, 2.45) is 5.92 Å². The van der Waals surface area contributed by atoms with Crippen LogP contribution in [-0.4, -0.2) is 78.4 Å². The second-order valence-electron chi connectivity index (χ2n) is 6.68. The van der Waals surface area contributed by atoms with Crippen LogP contribution in [0.15, 0.2) is 12.1 Å². The molecular formula is C17H27N5O2. The molecule has 0 bridgehead atoms. The lowest BCUT2D eigenvalue weighted by molar-refractivity contribution is 0.0398. The number of likely N-dealkylation sites (tertiary alicyclic amines) is 1. The van der Waals surface area contributed by atoms with Crippen LogP contribution in [0, 0.1) is 5.92 Å². The largest absolute Gasteiger partial charge is 0.379 e. The van der Waals surface area contributed by atoms with Crippen LogP contribution in [0.1, 0.15) is 30.3 Å². The number of morpholine rings is 1. The van der Waals surface area contributed by atoms with Crippen LogP contribution in [0.5, 0.6) is 0 Å². The molecule has 7 nitrogen and oxygen atoms in total. The lowest BCUT2D eigenvalue weighted by Gasteiger charge is -2.30. The van der Waals surface area contributed by atoms with Crippen molar-refractivity contribution in [2.45, 2.75) is 19.8 Å². The second-order valence-corrected chi connectivity index (χ2v) is 6.68. The predicted octanol–water partition coefficient (Wildman–Crippen LogP) is 1.09. The fraction of sp³-hybridized carbons (Fsp3) is 0.706. The molecule has 2 saturated heterocycles. The molecule has 0 aliphatic carbocycles. The number of hydrogen-bond acceptors (Lipinski definition) is 6. The standard InChI is InChI=1S/C17H27N5O2/c1-14-3-2-7-22(13-14)17(23)15-4-5-16(20-19-15)18-6-8-21-9-11-24-12-10-21/h4-5,14H,2-3,6-13H2,1H3,(H,18,20). The summed E-state index contributed by atoms with van der Waals surface area (Å²) in [6.45, 7) is 9.18. The van der Waals surface area contributed by atoms with Gasteiger partial charge in [-0.1, -0.05) is 6.92 Å². The molecule has 0 saturated carbocycles. The SMILES string of the molecule is CC1CCCN(C(=O)c2ccc(NCCN3CCOCC3)nn2)C1. The Kier molecular flexibility index (Phi) is 5.98. The van der Waals surface area contributed by atoms with Crippen LogP contribution in [-0.2, 0) is 4.74 Å². The third-order valence-electron chi connectivity index (χ3n) is 4.67. The minimum atomic E-state index is -0.00563. The van der Waals surface area contributed by atoms with Crippen LogP contribution in [0.4, 0.5) is 5.82 Å². The second kappa shape index (κ2) is 8.39. The molecule has 1 amide bonds. The van der Waals surface area contributed by atoms with E-state index in [1.165, 1.54) is 6.42 Å². The Balaban J connectivity index is 1.46. The lowest BCUT2D eigenvalue weighted by atomic mass is 10.00. The summed E-state index contributed by atoms with van der Waals surface area (Å²) in [5, 5.41) is 11.5. The summed E-state index contributed by atoms with van der Waals surface area (Å²) >= 11 is 0. The molecule has 1 aromatic heterocycles. The van der Waals surface area contributed by atoms with E-state index in [2.05, 4.69) is 27.3 Å². The molecule has 3 rings (SSSR count). The molecule has 7 heteroatoms. The monoisotopic (exact) mass is 333 g/mol. The maximum atomic E-state index is 12.5. The summed E-state index contributed by atoms with van der Waals surface area (Å²) in [4.78, 5) is 16.7. The Morgan fingerprint density at radius 3 is 2.83 bits per heavy atom. The maximum Gasteiger partial charge on any atom is 0.274 e. The fourth-order valence-corrected chi connectivity index (χ4v) is 3.24. The summed E-state index contributed by atoms with van der Waals surface area (Å²) in [5.74, 6) is 1.28. The number of nitrogens with zero attached hydrogens (tertiary/aromatic N) is 4. The number of piperidine rings is 1. The topological polar surface area (TPSA) is 70.6 Å². The first-order chi connectivity index (χ1) is 11.7. The number of amides is 1. The summed E-state index contributed by atoms with van der Waals surface area (Å²) in [6, 6.07) is 3.61. The van der Waals surface area contributed by atoms with Gasteiger partial charge < -0.3 is 15.0 Å². The van der Waals surface area contributed by atoms with Gasteiger partial charge in [-0.3, -0.25) is 9.69 Å². The van der Waals surface area contributed by atoms with Gasteiger partial charge in [-0.25, -0.2) is 0 Å². The first-order valence-electron chi connectivity index (χ1n) is 8.89. The van der Waals surface area contributed by atoms with Gasteiger partial charge in [-0.05, 0) is 30.9 Å². The van der Waals surface area contributed by atoms with Gasteiger partial charge in [-0.15, -0.1) is 10.2 Å². The summed E-state index contributed by atoms with van der Waals surface area (Å²) < 4.78 is 5.34. The van der Waals surface area contributed by atoms with Crippen LogP contribution in [0.3, 0.4) is 0 Å². The molecule has 2 aliphatic heterocycles. The van der Waals surface area contributed by atoms with Gasteiger partial charge in [0, 0.05) is 39.3 Å². The number of rotatable bonds is 5. The minimum absolute atomic E-state index is 0.00563. The molecule has 1 atom stereocenters. The number of nitrogens with one attached hydrogen (secondary N) is 1. The molecule has 132 valence electrons. The quantitative estimate of drug-likeness (QED) is 0.870. The zero-order valence-electron chi connectivity index (χ0n) is 14.4. The fourth-order valence-electron chi connectivity index (χ4n) is 3.24. The Morgan fingerprint density at radius 1 is 1.29 bits per heavy atom. The van der Waals surface area contributed by atoms with E-state index in [0.29, 0.717) is 17.4 Å². The highest BCUT2D eigenvalue weighted by Crippen LogP contribution is 2.17. The molecule has 0 spiro atoms. The van der Waals surface area contributed by atoms with Crippen LogP contribution >= 0.6 is 0 Å². The van der Waals surface area contributed by atoms with Crippen molar-refractivity contribution >= 4 is 11.7 Å². The molecule has 1 aromatic rings. The van der Waals surface area contributed by atoms with E-state index >= 15 is 0 Å². The average molecular weight is 333 g/mol. The molecule has 0 aromatic carbocycles. The van der Waals surface area contributed by atoms with Gasteiger partial charge in [0.2, 0.25) is 0 Å². The van der Waals surface area contributed by atoms with Crippen molar-refractivity contribution in [2.75, 3.05) is 57.8 Å². The first kappa shape index (κ1) is 17.1. The third-order valence-corrected chi connectivity index (χ3v) is 4.67. The van der Waals surface area contributed by atoms with E-state index < -0.39 is 0 Å². The molecule has 24 heavy (non-hydrogen) atoms. The Hall–Kier alpha value is -1.73. The highest BCUT2D eigenvalue weighted by Gasteiger charge is 2.23. The van der Waals surface area contributed by atoms with Gasteiger partial charge in [0.25, 0.3) is 5.91 Å². The van der Waals surface area contributed by atoms with Gasteiger partial charge in [0.1, 0.15) is 5.82 Å². The Labute approximate surface area is 143 Å². The van der Waals surface area contributed by atoms with E-state index in [0.717, 1.165) is 58.9 Å². The van der Waals surface area contributed by atoms with Crippen molar-refractivity contribution in [3.8, 4) is 0 Å². The first-order valence-corrected chi connectivity index (χ1v) is 8.89. The normalized spacial score (nSPS) is 22.4. The highest BCUT2D eigenvalue weighted by atomic mass is 16.5.